The maximum atomic E-state index is 12.6. The molecule has 0 aromatic carbocycles. The summed E-state index contributed by atoms with van der Waals surface area (Å²) in [5.41, 5.74) is 1.20. The molecule has 0 unspecified atom stereocenters. The van der Waals surface area contributed by atoms with E-state index in [2.05, 4.69) is 47.5 Å². The molecule has 1 saturated heterocycles. The molecule has 12 nitrogen and oxygen atoms in total. The van der Waals surface area contributed by atoms with Crippen molar-refractivity contribution in [2.45, 2.75) is 107 Å². The van der Waals surface area contributed by atoms with Crippen molar-refractivity contribution in [1.29, 1.82) is 0 Å². The first-order valence-corrected chi connectivity index (χ1v) is 15.0. The maximum Gasteiger partial charge on any atom is 0.410 e. The van der Waals surface area contributed by atoms with Crippen LogP contribution in [0.2, 0.25) is 0 Å². The summed E-state index contributed by atoms with van der Waals surface area (Å²) in [4.78, 5) is 35.3. The molecule has 6 rings (SSSR count). The maximum absolute atomic E-state index is 12.6. The minimum atomic E-state index is -0.197. The Hall–Kier alpha value is -3.57. The number of H-pyrrole nitrogens is 1. The second-order valence-corrected chi connectivity index (χ2v) is 11.7. The van der Waals surface area contributed by atoms with Crippen LogP contribution in [0, 0.1) is 0 Å². The third-order valence-corrected chi connectivity index (χ3v) is 8.96. The number of amides is 3. The molecule has 3 heterocycles. The second kappa shape index (κ2) is 12.3. The van der Waals surface area contributed by atoms with E-state index in [1.807, 2.05) is 11.0 Å². The van der Waals surface area contributed by atoms with Gasteiger partial charge in [0.2, 0.25) is 5.95 Å². The molecule has 4 aliphatic rings. The zero-order valence-corrected chi connectivity index (χ0v) is 23.0. The van der Waals surface area contributed by atoms with E-state index in [-0.39, 0.29) is 36.3 Å². The van der Waals surface area contributed by atoms with Gasteiger partial charge in [-0.1, -0.05) is 12.8 Å². The molecule has 3 saturated carbocycles. The van der Waals surface area contributed by atoms with E-state index in [1.54, 1.807) is 6.20 Å². The normalized spacial score (nSPS) is 27.3. The molecule has 0 bridgehead atoms. The highest BCUT2D eigenvalue weighted by molar-refractivity contribution is 5.74. The van der Waals surface area contributed by atoms with Gasteiger partial charge in [-0.25, -0.2) is 14.6 Å². The number of urea groups is 1. The van der Waals surface area contributed by atoms with Crippen LogP contribution in [0.25, 0.3) is 0 Å². The summed E-state index contributed by atoms with van der Waals surface area (Å²) in [6.45, 7) is 1.17. The number of carbonyl (C=O) groups is 2. The van der Waals surface area contributed by atoms with Gasteiger partial charge in [0.05, 0.1) is 6.54 Å². The third-order valence-electron chi connectivity index (χ3n) is 8.96. The number of aromatic nitrogens is 4. The Morgan fingerprint density at radius 2 is 1.62 bits per heavy atom. The molecule has 216 valence electrons. The van der Waals surface area contributed by atoms with Crippen molar-refractivity contribution in [1.82, 2.24) is 35.7 Å². The Balaban J connectivity index is 0.904. The van der Waals surface area contributed by atoms with Gasteiger partial charge < -0.3 is 30.9 Å². The Kier molecular flexibility index (Phi) is 8.19. The lowest BCUT2D eigenvalue weighted by Crippen LogP contribution is -2.50. The average molecular weight is 552 g/mol. The van der Waals surface area contributed by atoms with Crippen LogP contribution in [0.15, 0.2) is 18.3 Å². The topological polar surface area (TPSA) is 149 Å². The highest BCUT2D eigenvalue weighted by Crippen LogP contribution is 2.34. The summed E-state index contributed by atoms with van der Waals surface area (Å²) in [7, 11) is 0. The first-order chi connectivity index (χ1) is 19.6. The van der Waals surface area contributed by atoms with Crippen molar-refractivity contribution in [3.8, 4) is 0 Å². The van der Waals surface area contributed by atoms with Crippen LogP contribution in [-0.2, 0) is 4.74 Å². The summed E-state index contributed by atoms with van der Waals surface area (Å²) in [6, 6.07) is 4.67. The van der Waals surface area contributed by atoms with E-state index < -0.39 is 0 Å². The Bertz CT molecular complexity index is 1150. The van der Waals surface area contributed by atoms with E-state index in [1.165, 1.54) is 31.4 Å². The molecule has 0 radical (unpaired) electrons. The van der Waals surface area contributed by atoms with Gasteiger partial charge in [0.1, 0.15) is 12.4 Å². The lowest BCUT2D eigenvalue weighted by Gasteiger charge is -2.34. The fourth-order valence-electron chi connectivity index (χ4n) is 6.72. The van der Waals surface area contributed by atoms with Gasteiger partial charge in [0.25, 0.3) is 0 Å². The number of aromatic amines is 1. The number of ether oxygens (including phenoxy) is 1. The van der Waals surface area contributed by atoms with Crippen molar-refractivity contribution in [3.05, 3.63) is 24.0 Å². The lowest BCUT2D eigenvalue weighted by molar-refractivity contribution is 0.135. The molecular weight excluding hydrogens is 510 g/mol. The SMILES string of the molecule is O=C(NC1CCC(N2CCOC2=O)CC1)N[C@H]1CC[C@H](Nc2nccc(Nc3cc(C4CCCC4)[nH]n3)n2)CC1. The predicted octanol–water partition coefficient (Wildman–Crippen LogP) is 4.39. The van der Waals surface area contributed by atoms with Gasteiger partial charge in [-0.3, -0.25) is 5.10 Å². The van der Waals surface area contributed by atoms with Crippen LogP contribution in [0.4, 0.5) is 27.2 Å². The van der Waals surface area contributed by atoms with Gasteiger partial charge >= 0.3 is 12.1 Å². The van der Waals surface area contributed by atoms with E-state index >= 15 is 0 Å². The highest BCUT2D eigenvalue weighted by Gasteiger charge is 2.33. The molecule has 2 aromatic heterocycles. The summed E-state index contributed by atoms with van der Waals surface area (Å²) in [5, 5.41) is 20.7. The third kappa shape index (κ3) is 6.59. The van der Waals surface area contributed by atoms with Crippen molar-refractivity contribution >= 4 is 29.7 Å². The highest BCUT2D eigenvalue weighted by atomic mass is 16.6. The van der Waals surface area contributed by atoms with Crippen LogP contribution < -0.4 is 21.3 Å². The molecule has 5 N–H and O–H groups in total. The van der Waals surface area contributed by atoms with Crippen LogP contribution in [0.3, 0.4) is 0 Å². The number of carbonyl (C=O) groups excluding carboxylic acids is 2. The molecule has 3 aliphatic carbocycles. The molecule has 40 heavy (non-hydrogen) atoms. The monoisotopic (exact) mass is 551 g/mol. The molecule has 3 amide bonds. The van der Waals surface area contributed by atoms with Gasteiger partial charge in [-0.2, -0.15) is 10.1 Å². The predicted molar refractivity (Wildman–Crippen MR) is 151 cm³/mol. The second-order valence-electron chi connectivity index (χ2n) is 11.7. The summed E-state index contributed by atoms with van der Waals surface area (Å²) < 4.78 is 5.07. The van der Waals surface area contributed by atoms with E-state index in [4.69, 9.17) is 4.74 Å². The molecule has 4 fully saturated rings. The van der Waals surface area contributed by atoms with Gasteiger partial charge in [-0.15, -0.1) is 0 Å². The number of anilines is 3. The van der Waals surface area contributed by atoms with Crippen LogP contribution in [0.5, 0.6) is 0 Å². The van der Waals surface area contributed by atoms with Crippen molar-refractivity contribution in [2.75, 3.05) is 23.8 Å². The van der Waals surface area contributed by atoms with Gasteiger partial charge in [0, 0.05) is 48.0 Å². The molecule has 2 aromatic rings. The standard InChI is InChI=1S/C28H41N9O3/c38-27(32-21-9-11-22(12-10-21)37-15-16-40-28(37)39)31-20-7-5-19(6-8-20)30-26-29-14-13-24(34-26)33-25-17-23(35-36-25)18-3-1-2-4-18/h13-14,17-22H,1-12,15-16H2,(H2,31,32,38)(H3,29,30,33,34,35,36)/t19-,20-,21?,22?. The van der Waals surface area contributed by atoms with Crippen LogP contribution in [-0.4, -0.2) is 74.5 Å². The number of hydrogen-bond acceptors (Lipinski definition) is 8. The number of hydrogen-bond donors (Lipinski definition) is 5. The largest absolute Gasteiger partial charge is 0.448 e. The number of cyclic esters (lactones) is 1. The Morgan fingerprint density at radius 3 is 2.33 bits per heavy atom. The quantitative estimate of drug-likeness (QED) is 0.324. The summed E-state index contributed by atoms with van der Waals surface area (Å²) in [6.07, 6.45) is 13.9. The number of rotatable bonds is 8. The zero-order valence-electron chi connectivity index (χ0n) is 23.0. The molecule has 12 heteroatoms. The summed E-state index contributed by atoms with van der Waals surface area (Å²) in [5.74, 6) is 2.68. The minimum absolute atomic E-state index is 0.0861. The van der Waals surface area contributed by atoms with Crippen molar-refractivity contribution < 1.29 is 14.3 Å². The van der Waals surface area contributed by atoms with Gasteiger partial charge in [0.15, 0.2) is 5.82 Å². The Morgan fingerprint density at radius 1 is 0.925 bits per heavy atom. The summed E-state index contributed by atoms with van der Waals surface area (Å²) >= 11 is 0. The van der Waals surface area contributed by atoms with E-state index in [0.717, 1.165) is 57.2 Å². The number of nitrogens with one attached hydrogen (secondary N) is 5. The smallest absolute Gasteiger partial charge is 0.410 e. The van der Waals surface area contributed by atoms with E-state index in [9.17, 15) is 9.59 Å². The first-order valence-electron chi connectivity index (χ1n) is 15.0. The lowest BCUT2D eigenvalue weighted by atomic mass is 9.90. The van der Waals surface area contributed by atoms with Gasteiger partial charge in [-0.05, 0) is 70.3 Å². The average Bonchev–Trinajstić information content (AvgIpc) is 3.73. The Labute approximate surface area is 234 Å². The fourth-order valence-corrected chi connectivity index (χ4v) is 6.72. The zero-order chi connectivity index (χ0) is 27.3. The van der Waals surface area contributed by atoms with Crippen molar-refractivity contribution in [2.24, 2.45) is 0 Å². The minimum Gasteiger partial charge on any atom is -0.448 e. The molecule has 0 spiro atoms. The molecule has 1 aliphatic heterocycles. The van der Waals surface area contributed by atoms with Crippen LogP contribution >= 0.6 is 0 Å². The number of nitrogens with zero attached hydrogens (tertiary/aromatic N) is 4. The molecular formula is C28H41N9O3. The van der Waals surface area contributed by atoms with Crippen LogP contribution in [0.1, 0.15) is 88.7 Å². The first kappa shape index (κ1) is 26.6. The van der Waals surface area contributed by atoms with Crippen molar-refractivity contribution in [3.63, 3.8) is 0 Å². The fraction of sp³-hybridized carbons (Fsp3) is 0.679. The molecule has 0 atom stereocenters. The van der Waals surface area contributed by atoms with E-state index in [0.29, 0.717) is 30.8 Å².